The molecule has 2 aliphatic carbocycles. The van der Waals surface area contributed by atoms with E-state index >= 15 is 0 Å². The summed E-state index contributed by atoms with van der Waals surface area (Å²) in [4.78, 5) is 0. The Morgan fingerprint density at radius 2 is 1.30 bits per heavy atom. The highest BCUT2D eigenvalue weighted by Gasteiger charge is 2.28. The van der Waals surface area contributed by atoms with E-state index in [4.69, 9.17) is 0 Å². The number of benzene rings is 2. The highest BCUT2D eigenvalue weighted by Crippen LogP contribution is 2.42. The summed E-state index contributed by atoms with van der Waals surface area (Å²) in [6.07, 6.45) is 14.9. The van der Waals surface area contributed by atoms with Crippen molar-refractivity contribution >= 4 is 12.7 Å². The van der Waals surface area contributed by atoms with Crippen molar-refractivity contribution < 1.29 is 0 Å². The first-order chi connectivity index (χ1) is 16.1. The van der Waals surface area contributed by atoms with Crippen molar-refractivity contribution in [2.75, 3.05) is 0 Å². The summed E-state index contributed by atoms with van der Waals surface area (Å²) < 4.78 is 0. The van der Waals surface area contributed by atoms with Crippen LogP contribution in [0.5, 0.6) is 0 Å². The van der Waals surface area contributed by atoms with Gasteiger partial charge in [-0.3, -0.25) is 0 Å². The third kappa shape index (κ3) is 7.59. The number of hydrogen-bond donors (Lipinski definition) is 0. The summed E-state index contributed by atoms with van der Waals surface area (Å²) in [5.41, 5.74) is 4.51. The molecular weight excluding hydrogens is 396 g/mol. The van der Waals surface area contributed by atoms with Gasteiger partial charge in [0.25, 0.3) is 0 Å². The minimum atomic E-state index is 0.732. The maximum absolute atomic E-state index is 4.39. The van der Waals surface area contributed by atoms with Crippen molar-refractivity contribution in [2.45, 2.75) is 111 Å². The number of rotatable bonds is 4. The predicted octanol–water partition coefficient (Wildman–Crippen LogP) is 8.90. The standard InChI is InChI=1S/C29H38.2C2H6/c1-4-25-8-6-10-29(22(25)3)27-17-13-24(14-18-27)20-23-11-15-26(16-12-23)28-9-5-7-21(2)19-28;2*1-2/h4-10,19,23-24,26-27H,3,11-18,20H2,1-2H3;2*1-2H3/b25-4-;;. The first-order valence-electron chi connectivity index (χ1n) is 13.9. The van der Waals surface area contributed by atoms with Gasteiger partial charge >= 0.3 is 0 Å². The van der Waals surface area contributed by atoms with Crippen LogP contribution in [0, 0.1) is 18.8 Å². The quantitative estimate of drug-likeness (QED) is 0.440. The van der Waals surface area contributed by atoms with Gasteiger partial charge in [-0.15, -0.1) is 0 Å². The second-order valence-corrected chi connectivity index (χ2v) is 9.79. The van der Waals surface area contributed by atoms with Crippen LogP contribution in [0.15, 0.2) is 42.5 Å². The van der Waals surface area contributed by atoms with Gasteiger partial charge in [0.2, 0.25) is 0 Å². The minimum Gasteiger partial charge on any atom is -0.0909 e. The van der Waals surface area contributed by atoms with Crippen molar-refractivity contribution in [3.63, 3.8) is 0 Å². The molecule has 2 fully saturated rings. The van der Waals surface area contributed by atoms with Gasteiger partial charge in [-0.1, -0.05) is 88.4 Å². The largest absolute Gasteiger partial charge is 0.0909 e. The lowest BCUT2D eigenvalue weighted by Gasteiger charge is -2.34. The van der Waals surface area contributed by atoms with E-state index in [-0.39, 0.29) is 0 Å². The monoisotopic (exact) mass is 446 g/mol. The zero-order chi connectivity index (χ0) is 24.2. The molecule has 33 heavy (non-hydrogen) atoms. The summed E-state index contributed by atoms with van der Waals surface area (Å²) in [5, 5.41) is 2.59. The lowest BCUT2D eigenvalue weighted by atomic mass is 9.71. The minimum absolute atomic E-state index is 0.732. The third-order valence-corrected chi connectivity index (χ3v) is 7.87. The SMILES string of the molecule is C=c1c(C2CCC(CC3CCC(c4cccc(C)c4)CC3)CC2)ccc/c1=C/C.CC.CC. The molecule has 4 rings (SSSR count). The van der Waals surface area contributed by atoms with Crippen LogP contribution < -0.4 is 10.4 Å². The summed E-state index contributed by atoms with van der Waals surface area (Å²) in [6, 6.07) is 16.0. The first kappa shape index (κ1) is 27.4. The average molecular weight is 447 g/mol. The second kappa shape index (κ2) is 14.4. The van der Waals surface area contributed by atoms with Crippen LogP contribution >= 0.6 is 0 Å². The van der Waals surface area contributed by atoms with E-state index in [1.165, 1.54) is 79.4 Å². The Morgan fingerprint density at radius 1 is 0.758 bits per heavy atom. The highest BCUT2D eigenvalue weighted by molar-refractivity contribution is 5.32. The molecule has 0 saturated heterocycles. The predicted molar refractivity (Wildman–Crippen MR) is 149 cm³/mol. The van der Waals surface area contributed by atoms with Gasteiger partial charge in [0.1, 0.15) is 0 Å². The van der Waals surface area contributed by atoms with E-state index in [9.17, 15) is 0 Å². The van der Waals surface area contributed by atoms with E-state index < -0.39 is 0 Å². The fourth-order valence-electron chi connectivity index (χ4n) is 6.11. The van der Waals surface area contributed by atoms with Gasteiger partial charge in [0.05, 0.1) is 0 Å². The number of aryl methyl sites for hydroxylation is 1. The van der Waals surface area contributed by atoms with E-state index in [2.05, 4.69) is 69.0 Å². The van der Waals surface area contributed by atoms with E-state index in [0.717, 1.165) is 23.7 Å². The molecule has 2 aromatic carbocycles. The Morgan fingerprint density at radius 3 is 1.85 bits per heavy atom. The smallest absolute Gasteiger partial charge is 0.0156 e. The highest BCUT2D eigenvalue weighted by atomic mass is 14.3. The molecule has 182 valence electrons. The van der Waals surface area contributed by atoms with E-state index in [1.807, 2.05) is 27.7 Å². The zero-order valence-electron chi connectivity index (χ0n) is 22.5. The summed E-state index contributed by atoms with van der Waals surface area (Å²) in [6.45, 7) is 16.7. The van der Waals surface area contributed by atoms with E-state index in [1.54, 1.807) is 5.56 Å². The third-order valence-electron chi connectivity index (χ3n) is 7.87. The van der Waals surface area contributed by atoms with Gasteiger partial charge in [0.15, 0.2) is 0 Å². The molecule has 0 aromatic heterocycles. The van der Waals surface area contributed by atoms with Crippen LogP contribution in [0.1, 0.15) is 121 Å². The molecule has 2 aliphatic rings. The molecule has 0 unspecified atom stereocenters. The van der Waals surface area contributed by atoms with Crippen LogP contribution in [-0.2, 0) is 0 Å². The molecule has 0 aliphatic heterocycles. The molecule has 2 aromatic rings. The van der Waals surface area contributed by atoms with Gasteiger partial charge in [-0.25, -0.2) is 0 Å². The van der Waals surface area contributed by atoms with Gasteiger partial charge in [0, 0.05) is 0 Å². The Labute approximate surface area is 205 Å². The van der Waals surface area contributed by atoms with Crippen LogP contribution in [0.4, 0.5) is 0 Å². The Hall–Kier alpha value is -1.82. The molecule has 0 heterocycles. The molecule has 2 saturated carbocycles. The molecule has 0 radical (unpaired) electrons. The molecule has 0 bridgehead atoms. The Bertz CT molecular complexity index is 905. The number of hydrogen-bond acceptors (Lipinski definition) is 0. The summed E-state index contributed by atoms with van der Waals surface area (Å²) in [5.74, 6) is 3.47. The van der Waals surface area contributed by atoms with Crippen LogP contribution in [0.2, 0.25) is 0 Å². The Balaban J connectivity index is 0.000000914. The molecule has 0 heteroatoms. The van der Waals surface area contributed by atoms with Crippen LogP contribution in [0.3, 0.4) is 0 Å². The maximum Gasteiger partial charge on any atom is -0.0156 e. The van der Waals surface area contributed by atoms with Crippen molar-refractivity contribution in [1.29, 1.82) is 0 Å². The van der Waals surface area contributed by atoms with Gasteiger partial charge < -0.3 is 0 Å². The second-order valence-electron chi connectivity index (χ2n) is 9.79. The van der Waals surface area contributed by atoms with Crippen LogP contribution in [0.25, 0.3) is 12.7 Å². The Kier molecular flexibility index (Phi) is 12.0. The maximum atomic E-state index is 4.39. The van der Waals surface area contributed by atoms with Gasteiger partial charge in [-0.05, 0) is 117 Å². The molecule has 0 amide bonds. The fraction of sp³-hybridized carbons (Fsp3) is 0.576. The van der Waals surface area contributed by atoms with Crippen molar-refractivity contribution in [1.82, 2.24) is 0 Å². The summed E-state index contributed by atoms with van der Waals surface area (Å²) >= 11 is 0. The normalized spacial score (nSPS) is 25.3. The van der Waals surface area contributed by atoms with Crippen molar-refractivity contribution in [3.05, 3.63) is 69.6 Å². The van der Waals surface area contributed by atoms with E-state index in [0.29, 0.717) is 0 Å². The van der Waals surface area contributed by atoms with Gasteiger partial charge in [-0.2, -0.15) is 0 Å². The lowest BCUT2D eigenvalue weighted by Crippen LogP contribution is -2.29. The zero-order valence-corrected chi connectivity index (χ0v) is 22.5. The van der Waals surface area contributed by atoms with Crippen LogP contribution in [-0.4, -0.2) is 0 Å². The average Bonchev–Trinajstić information content (AvgIpc) is 2.88. The molecule has 0 nitrogen and oxygen atoms in total. The summed E-state index contributed by atoms with van der Waals surface area (Å²) in [7, 11) is 0. The van der Waals surface area contributed by atoms with Crippen molar-refractivity contribution in [3.8, 4) is 0 Å². The molecule has 0 spiro atoms. The van der Waals surface area contributed by atoms with Crippen molar-refractivity contribution in [2.24, 2.45) is 11.8 Å². The molecule has 0 atom stereocenters. The first-order valence-corrected chi connectivity index (χ1v) is 13.9. The fourth-order valence-corrected chi connectivity index (χ4v) is 6.11. The lowest BCUT2D eigenvalue weighted by molar-refractivity contribution is 0.224. The molecule has 0 N–H and O–H groups in total. The topological polar surface area (TPSA) is 0 Å². The molecular formula is C33H50.